The molecule has 2 aromatic rings. The van der Waals surface area contributed by atoms with Gasteiger partial charge < -0.3 is 9.47 Å². The summed E-state index contributed by atoms with van der Waals surface area (Å²) < 4.78 is 12.0. The minimum Gasteiger partial charge on any atom is -0.496 e. The molecule has 3 heteroatoms. The van der Waals surface area contributed by atoms with Crippen LogP contribution in [0.2, 0.25) is 0 Å². The summed E-state index contributed by atoms with van der Waals surface area (Å²) in [6, 6.07) is 10.3. The molecule has 18 heavy (non-hydrogen) atoms. The molecular formula is C15H13BrO2. The standard InChI is InChI=1S/C15H13BrO2/c1-17-13-5-6-14(18-2)15-11-8-10(16)4-3-9(11)7-12(13)15/h3-6,8H,7H2,1-2H3. The van der Waals surface area contributed by atoms with Gasteiger partial charge in [-0.1, -0.05) is 22.0 Å². The molecule has 1 aliphatic carbocycles. The first-order valence-electron chi connectivity index (χ1n) is 5.77. The van der Waals surface area contributed by atoms with E-state index in [1.165, 1.54) is 16.7 Å². The fourth-order valence-electron chi connectivity index (χ4n) is 2.57. The number of rotatable bonds is 2. The molecule has 0 amide bonds. The first-order valence-corrected chi connectivity index (χ1v) is 6.56. The molecule has 0 heterocycles. The molecule has 3 rings (SSSR count). The minimum absolute atomic E-state index is 0.901. The summed E-state index contributed by atoms with van der Waals surface area (Å²) in [6.45, 7) is 0. The zero-order chi connectivity index (χ0) is 12.7. The molecule has 0 spiro atoms. The summed E-state index contributed by atoms with van der Waals surface area (Å²) in [7, 11) is 3.42. The van der Waals surface area contributed by atoms with Crippen LogP contribution in [-0.4, -0.2) is 14.2 Å². The maximum Gasteiger partial charge on any atom is 0.127 e. The fourth-order valence-corrected chi connectivity index (χ4v) is 2.93. The lowest BCUT2D eigenvalue weighted by atomic mass is 10.0. The molecule has 0 bridgehead atoms. The van der Waals surface area contributed by atoms with Crippen molar-refractivity contribution in [1.29, 1.82) is 0 Å². The highest BCUT2D eigenvalue weighted by atomic mass is 79.9. The van der Waals surface area contributed by atoms with Gasteiger partial charge in [-0.3, -0.25) is 0 Å². The third kappa shape index (κ3) is 1.62. The van der Waals surface area contributed by atoms with Crippen molar-refractivity contribution in [3.63, 3.8) is 0 Å². The maximum absolute atomic E-state index is 5.48. The topological polar surface area (TPSA) is 18.5 Å². The molecule has 0 atom stereocenters. The third-order valence-electron chi connectivity index (χ3n) is 3.38. The summed E-state index contributed by atoms with van der Waals surface area (Å²) in [5.41, 5.74) is 4.92. The van der Waals surface area contributed by atoms with E-state index in [0.29, 0.717) is 0 Å². The minimum atomic E-state index is 0.901. The highest BCUT2D eigenvalue weighted by molar-refractivity contribution is 9.10. The molecular weight excluding hydrogens is 292 g/mol. The van der Waals surface area contributed by atoms with Crippen LogP contribution in [0.5, 0.6) is 11.5 Å². The van der Waals surface area contributed by atoms with Crippen molar-refractivity contribution in [2.75, 3.05) is 14.2 Å². The molecule has 2 aromatic carbocycles. The van der Waals surface area contributed by atoms with Crippen molar-refractivity contribution in [3.05, 3.63) is 45.9 Å². The monoisotopic (exact) mass is 304 g/mol. The molecule has 0 radical (unpaired) electrons. The van der Waals surface area contributed by atoms with Crippen LogP contribution in [0.3, 0.4) is 0 Å². The second-order valence-electron chi connectivity index (χ2n) is 4.30. The zero-order valence-electron chi connectivity index (χ0n) is 10.3. The second kappa shape index (κ2) is 4.32. The average molecular weight is 305 g/mol. The lowest BCUT2D eigenvalue weighted by Gasteiger charge is -2.11. The van der Waals surface area contributed by atoms with Gasteiger partial charge >= 0.3 is 0 Å². The predicted molar refractivity (Wildman–Crippen MR) is 75.5 cm³/mol. The lowest BCUT2D eigenvalue weighted by Crippen LogP contribution is -1.93. The number of methoxy groups -OCH3 is 2. The van der Waals surface area contributed by atoms with E-state index in [2.05, 4.69) is 34.1 Å². The highest BCUT2D eigenvalue weighted by Gasteiger charge is 2.25. The van der Waals surface area contributed by atoms with Gasteiger partial charge in [0.15, 0.2) is 0 Å². The average Bonchev–Trinajstić information content (AvgIpc) is 2.76. The number of hydrogen-bond acceptors (Lipinski definition) is 2. The van der Waals surface area contributed by atoms with Crippen LogP contribution in [0, 0.1) is 0 Å². The zero-order valence-corrected chi connectivity index (χ0v) is 11.9. The van der Waals surface area contributed by atoms with Crippen molar-refractivity contribution >= 4 is 15.9 Å². The number of fused-ring (bicyclic) bond motifs is 3. The van der Waals surface area contributed by atoms with E-state index in [1.807, 2.05) is 12.1 Å². The van der Waals surface area contributed by atoms with Gasteiger partial charge in [-0.05, 0) is 35.4 Å². The third-order valence-corrected chi connectivity index (χ3v) is 3.87. The number of ether oxygens (including phenoxy) is 2. The SMILES string of the molecule is COc1ccc(OC)c2c1Cc1ccc(Br)cc1-2. The summed E-state index contributed by atoms with van der Waals surface area (Å²) in [6.07, 6.45) is 0.901. The molecule has 0 unspecified atom stereocenters. The Labute approximate surface area is 115 Å². The fraction of sp³-hybridized carbons (Fsp3) is 0.200. The van der Waals surface area contributed by atoms with Crippen LogP contribution in [0.1, 0.15) is 11.1 Å². The van der Waals surface area contributed by atoms with Gasteiger partial charge in [0.05, 0.1) is 14.2 Å². The molecule has 92 valence electrons. The largest absolute Gasteiger partial charge is 0.496 e. The van der Waals surface area contributed by atoms with Gasteiger partial charge in [-0.25, -0.2) is 0 Å². The van der Waals surface area contributed by atoms with Crippen LogP contribution in [0.4, 0.5) is 0 Å². The molecule has 0 aromatic heterocycles. The van der Waals surface area contributed by atoms with Crippen molar-refractivity contribution in [2.45, 2.75) is 6.42 Å². The number of halogens is 1. The van der Waals surface area contributed by atoms with Crippen LogP contribution >= 0.6 is 15.9 Å². The maximum atomic E-state index is 5.48. The van der Waals surface area contributed by atoms with Gasteiger partial charge in [0.2, 0.25) is 0 Å². The van der Waals surface area contributed by atoms with Crippen molar-refractivity contribution in [2.24, 2.45) is 0 Å². The van der Waals surface area contributed by atoms with E-state index in [1.54, 1.807) is 14.2 Å². The van der Waals surface area contributed by atoms with Gasteiger partial charge in [0, 0.05) is 22.0 Å². The highest BCUT2D eigenvalue weighted by Crippen LogP contribution is 2.47. The van der Waals surface area contributed by atoms with Crippen LogP contribution in [0.25, 0.3) is 11.1 Å². The van der Waals surface area contributed by atoms with E-state index >= 15 is 0 Å². The summed E-state index contributed by atoms with van der Waals surface area (Å²) in [4.78, 5) is 0. The molecule has 0 aliphatic heterocycles. The Kier molecular flexibility index (Phi) is 2.78. The van der Waals surface area contributed by atoms with Crippen molar-refractivity contribution < 1.29 is 9.47 Å². The van der Waals surface area contributed by atoms with Gasteiger partial charge in [0.25, 0.3) is 0 Å². The molecule has 0 N–H and O–H groups in total. The first-order chi connectivity index (χ1) is 8.74. The van der Waals surface area contributed by atoms with E-state index in [9.17, 15) is 0 Å². The Bertz CT molecular complexity index is 620. The van der Waals surface area contributed by atoms with Gasteiger partial charge in [0.1, 0.15) is 11.5 Å². The molecule has 0 saturated heterocycles. The lowest BCUT2D eigenvalue weighted by molar-refractivity contribution is 0.402. The molecule has 0 saturated carbocycles. The Morgan fingerprint density at radius 2 is 1.72 bits per heavy atom. The van der Waals surface area contributed by atoms with E-state index in [-0.39, 0.29) is 0 Å². The number of benzene rings is 2. The molecule has 0 fully saturated rings. The van der Waals surface area contributed by atoms with Crippen LogP contribution in [-0.2, 0) is 6.42 Å². The molecule has 2 nitrogen and oxygen atoms in total. The summed E-state index contributed by atoms with van der Waals surface area (Å²) >= 11 is 3.53. The quantitative estimate of drug-likeness (QED) is 0.711. The van der Waals surface area contributed by atoms with E-state index in [0.717, 1.165) is 28.0 Å². The van der Waals surface area contributed by atoms with Crippen molar-refractivity contribution in [1.82, 2.24) is 0 Å². The van der Waals surface area contributed by atoms with Crippen LogP contribution < -0.4 is 9.47 Å². The Hall–Kier alpha value is -1.48. The number of hydrogen-bond donors (Lipinski definition) is 0. The van der Waals surface area contributed by atoms with Crippen molar-refractivity contribution in [3.8, 4) is 22.6 Å². The van der Waals surface area contributed by atoms with Gasteiger partial charge in [-0.15, -0.1) is 0 Å². The van der Waals surface area contributed by atoms with Crippen LogP contribution in [0.15, 0.2) is 34.8 Å². The smallest absolute Gasteiger partial charge is 0.127 e. The van der Waals surface area contributed by atoms with Gasteiger partial charge in [-0.2, -0.15) is 0 Å². The normalized spacial score (nSPS) is 11.9. The Morgan fingerprint density at radius 1 is 1.00 bits per heavy atom. The first kappa shape index (κ1) is 11.6. The Morgan fingerprint density at radius 3 is 2.44 bits per heavy atom. The van der Waals surface area contributed by atoms with E-state index < -0.39 is 0 Å². The molecule has 1 aliphatic rings. The van der Waals surface area contributed by atoms with E-state index in [4.69, 9.17) is 9.47 Å². The predicted octanol–water partition coefficient (Wildman–Crippen LogP) is 4.04. The Balaban J connectivity index is 2.30. The summed E-state index contributed by atoms with van der Waals surface area (Å²) in [5, 5.41) is 0. The summed E-state index contributed by atoms with van der Waals surface area (Å²) in [5.74, 6) is 1.83. The second-order valence-corrected chi connectivity index (χ2v) is 5.22.